The van der Waals surface area contributed by atoms with Gasteiger partial charge in [0.25, 0.3) is 0 Å². The van der Waals surface area contributed by atoms with Gasteiger partial charge in [-0.2, -0.15) is 0 Å². The van der Waals surface area contributed by atoms with Gasteiger partial charge in [-0.15, -0.1) is 12.4 Å². The fraction of sp³-hybridized carbons (Fsp3) is 0.579. The van der Waals surface area contributed by atoms with Crippen molar-refractivity contribution >= 4 is 29.9 Å². The van der Waals surface area contributed by atoms with Gasteiger partial charge < -0.3 is 16.4 Å². The molecule has 2 saturated carbocycles. The van der Waals surface area contributed by atoms with Crippen molar-refractivity contribution in [3.8, 4) is 0 Å². The van der Waals surface area contributed by atoms with E-state index in [2.05, 4.69) is 10.6 Å². The maximum atomic E-state index is 12.1. The van der Waals surface area contributed by atoms with Crippen LogP contribution in [-0.2, 0) is 16.1 Å². The lowest BCUT2D eigenvalue weighted by Crippen LogP contribution is -2.31. The summed E-state index contributed by atoms with van der Waals surface area (Å²) < 4.78 is 0. The molecule has 2 aliphatic carbocycles. The standard InChI is InChI=1S/C19H27N3O2.ClH/c20-17-9-3-7-15(17)11-18(23)21-12-13-4-1-8-16(10-13)22-19(24)14-5-2-6-14;/h1,4,8,10,14-15,17H,2-3,5-7,9,11-12,20H2,(H,21,23)(H,22,24);1H/t15-,17+;/m0./s1. The van der Waals surface area contributed by atoms with Crippen LogP contribution in [-0.4, -0.2) is 17.9 Å². The van der Waals surface area contributed by atoms with Crippen LogP contribution in [0.5, 0.6) is 0 Å². The van der Waals surface area contributed by atoms with Gasteiger partial charge in [-0.3, -0.25) is 9.59 Å². The molecule has 5 nitrogen and oxygen atoms in total. The van der Waals surface area contributed by atoms with Crippen molar-refractivity contribution in [3.05, 3.63) is 29.8 Å². The highest BCUT2D eigenvalue weighted by Crippen LogP contribution is 2.28. The normalized spacial score (nSPS) is 22.6. The number of halogens is 1. The molecule has 3 rings (SSSR count). The molecule has 1 aromatic carbocycles. The van der Waals surface area contributed by atoms with Gasteiger partial charge in [0.1, 0.15) is 0 Å². The summed E-state index contributed by atoms with van der Waals surface area (Å²) in [5.74, 6) is 0.654. The molecule has 0 bridgehead atoms. The van der Waals surface area contributed by atoms with Gasteiger partial charge in [0.05, 0.1) is 0 Å². The van der Waals surface area contributed by atoms with Gasteiger partial charge in [-0.05, 0) is 49.3 Å². The maximum Gasteiger partial charge on any atom is 0.227 e. The lowest BCUT2D eigenvalue weighted by atomic mass is 9.85. The quantitative estimate of drug-likeness (QED) is 0.724. The fourth-order valence-corrected chi connectivity index (χ4v) is 3.50. The average Bonchev–Trinajstić information content (AvgIpc) is 2.89. The van der Waals surface area contributed by atoms with Crippen LogP contribution in [0, 0.1) is 11.8 Å². The summed E-state index contributed by atoms with van der Waals surface area (Å²) in [5, 5.41) is 5.93. The Labute approximate surface area is 155 Å². The predicted octanol–water partition coefficient (Wildman–Crippen LogP) is 2.98. The molecule has 6 heteroatoms. The molecule has 0 radical (unpaired) electrons. The van der Waals surface area contributed by atoms with E-state index in [1.165, 1.54) is 0 Å². The fourth-order valence-electron chi connectivity index (χ4n) is 3.50. The molecule has 4 N–H and O–H groups in total. The first-order valence-corrected chi connectivity index (χ1v) is 9.04. The summed E-state index contributed by atoms with van der Waals surface area (Å²) in [6.45, 7) is 0.480. The number of rotatable bonds is 6. The minimum atomic E-state index is 0. The Kier molecular flexibility index (Phi) is 7.26. The Morgan fingerprint density at radius 3 is 2.52 bits per heavy atom. The number of hydrogen-bond donors (Lipinski definition) is 3. The van der Waals surface area contributed by atoms with Crippen LogP contribution in [0.2, 0.25) is 0 Å². The summed E-state index contributed by atoms with van der Waals surface area (Å²) in [6.07, 6.45) is 6.85. The van der Waals surface area contributed by atoms with Gasteiger partial charge >= 0.3 is 0 Å². The number of benzene rings is 1. The number of nitrogens with one attached hydrogen (secondary N) is 2. The number of hydrogen-bond acceptors (Lipinski definition) is 3. The molecular formula is C19H28ClN3O2. The molecule has 2 fully saturated rings. The van der Waals surface area contributed by atoms with Crippen LogP contribution in [0.25, 0.3) is 0 Å². The summed E-state index contributed by atoms with van der Waals surface area (Å²) in [5.41, 5.74) is 7.81. The Bertz CT molecular complexity index is 604. The lowest BCUT2D eigenvalue weighted by Gasteiger charge is -2.24. The van der Waals surface area contributed by atoms with Gasteiger partial charge in [-0.25, -0.2) is 0 Å². The van der Waals surface area contributed by atoms with Crippen LogP contribution < -0.4 is 16.4 Å². The Morgan fingerprint density at radius 2 is 1.88 bits per heavy atom. The molecular weight excluding hydrogens is 338 g/mol. The Balaban J connectivity index is 0.00000225. The molecule has 0 unspecified atom stereocenters. The summed E-state index contributed by atoms with van der Waals surface area (Å²) in [4.78, 5) is 24.1. The number of nitrogens with two attached hydrogens (primary N) is 1. The zero-order chi connectivity index (χ0) is 16.9. The zero-order valence-electron chi connectivity index (χ0n) is 14.5. The first kappa shape index (κ1) is 19.7. The monoisotopic (exact) mass is 365 g/mol. The van der Waals surface area contributed by atoms with Crippen molar-refractivity contribution in [1.82, 2.24) is 5.32 Å². The molecule has 138 valence electrons. The highest BCUT2D eigenvalue weighted by atomic mass is 35.5. The minimum absolute atomic E-state index is 0. The highest BCUT2D eigenvalue weighted by Gasteiger charge is 2.26. The van der Waals surface area contributed by atoms with E-state index in [1.54, 1.807) is 0 Å². The number of carbonyl (C=O) groups excluding carboxylic acids is 2. The second-order valence-electron chi connectivity index (χ2n) is 7.15. The van der Waals surface area contributed by atoms with E-state index < -0.39 is 0 Å². The second kappa shape index (κ2) is 9.20. The summed E-state index contributed by atoms with van der Waals surface area (Å²) in [7, 11) is 0. The topological polar surface area (TPSA) is 84.2 Å². The van der Waals surface area contributed by atoms with Crippen LogP contribution in [0.15, 0.2) is 24.3 Å². The van der Waals surface area contributed by atoms with E-state index in [9.17, 15) is 9.59 Å². The maximum absolute atomic E-state index is 12.1. The predicted molar refractivity (Wildman–Crippen MR) is 101 cm³/mol. The summed E-state index contributed by atoms with van der Waals surface area (Å²) in [6, 6.07) is 7.85. The first-order chi connectivity index (χ1) is 11.6. The van der Waals surface area contributed by atoms with Crippen molar-refractivity contribution in [2.24, 2.45) is 17.6 Å². The molecule has 0 heterocycles. The van der Waals surface area contributed by atoms with E-state index >= 15 is 0 Å². The third kappa shape index (κ3) is 5.44. The Hall–Kier alpha value is -1.59. The van der Waals surface area contributed by atoms with Crippen LogP contribution >= 0.6 is 12.4 Å². The van der Waals surface area contributed by atoms with Crippen molar-refractivity contribution in [2.45, 2.75) is 57.5 Å². The van der Waals surface area contributed by atoms with Gasteiger partial charge in [0.2, 0.25) is 11.8 Å². The third-order valence-electron chi connectivity index (χ3n) is 5.33. The summed E-state index contributed by atoms with van der Waals surface area (Å²) >= 11 is 0. The minimum Gasteiger partial charge on any atom is -0.352 e. The first-order valence-electron chi connectivity index (χ1n) is 9.04. The molecule has 1 aromatic rings. The van der Waals surface area contributed by atoms with E-state index in [-0.39, 0.29) is 36.2 Å². The molecule has 0 saturated heterocycles. The lowest BCUT2D eigenvalue weighted by molar-refractivity contribution is -0.123. The SMILES string of the molecule is Cl.N[C@@H]1CCC[C@H]1CC(=O)NCc1cccc(NC(=O)C2CCC2)c1. The van der Waals surface area contributed by atoms with E-state index in [4.69, 9.17) is 5.73 Å². The highest BCUT2D eigenvalue weighted by molar-refractivity contribution is 5.93. The molecule has 2 amide bonds. The van der Waals surface area contributed by atoms with E-state index in [0.717, 1.165) is 49.8 Å². The smallest absolute Gasteiger partial charge is 0.227 e. The average molecular weight is 366 g/mol. The third-order valence-corrected chi connectivity index (χ3v) is 5.33. The number of carbonyl (C=O) groups is 2. The van der Waals surface area contributed by atoms with E-state index in [0.29, 0.717) is 18.9 Å². The Morgan fingerprint density at radius 1 is 1.12 bits per heavy atom. The van der Waals surface area contributed by atoms with Crippen LogP contribution in [0.3, 0.4) is 0 Å². The van der Waals surface area contributed by atoms with Gasteiger partial charge in [-0.1, -0.05) is 25.0 Å². The van der Waals surface area contributed by atoms with E-state index in [1.807, 2.05) is 24.3 Å². The van der Waals surface area contributed by atoms with Gasteiger partial charge in [0.15, 0.2) is 0 Å². The zero-order valence-corrected chi connectivity index (χ0v) is 15.3. The molecule has 25 heavy (non-hydrogen) atoms. The van der Waals surface area contributed by atoms with Crippen molar-refractivity contribution in [3.63, 3.8) is 0 Å². The molecule has 2 aliphatic rings. The molecule has 0 aliphatic heterocycles. The molecule has 0 aromatic heterocycles. The van der Waals surface area contributed by atoms with Crippen molar-refractivity contribution in [1.29, 1.82) is 0 Å². The number of amides is 2. The molecule has 2 atom stereocenters. The molecule has 0 spiro atoms. The van der Waals surface area contributed by atoms with Crippen LogP contribution in [0.4, 0.5) is 5.69 Å². The van der Waals surface area contributed by atoms with Crippen LogP contribution in [0.1, 0.15) is 50.5 Å². The van der Waals surface area contributed by atoms with Crippen molar-refractivity contribution < 1.29 is 9.59 Å². The van der Waals surface area contributed by atoms with Crippen molar-refractivity contribution in [2.75, 3.05) is 5.32 Å². The number of anilines is 1. The second-order valence-corrected chi connectivity index (χ2v) is 7.15. The van der Waals surface area contributed by atoms with Gasteiger partial charge in [0, 0.05) is 30.6 Å². The largest absolute Gasteiger partial charge is 0.352 e.